The van der Waals surface area contributed by atoms with Gasteiger partial charge >= 0.3 is 11.8 Å². The molecule has 9 heteroatoms. The van der Waals surface area contributed by atoms with Crippen LogP contribution in [0, 0.1) is 6.92 Å². The summed E-state index contributed by atoms with van der Waals surface area (Å²) >= 11 is 0. The number of benzene rings is 2. The van der Waals surface area contributed by atoms with E-state index in [9.17, 15) is 4.79 Å². The van der Waals surface area contributed by atoms with E-state index in [0.717, 1.165) is 48.0 Å². The van der Waals surface area contributed by atoms with Gasteiger partial charge in [-0.1, -0.05) is 6.07 Å². The highest BCUT2D eigenvalue weighted by Gasteiger charge is 2.36. The summed E-state index contributed by atoms with van der Waals surface area (Å²) in [6.07, 6.45) is 2.41. The molecule has 0 unspecified atom stereocenters. The van der Waals surface area contributed by atoms with Gasteiger partial charge in [0, 0.05) is 23.2 Å². The number of likely N-dealkylation sites (tertiary alicyclic amines) is 2. The lowest BCUT2D eigenvalue weighted by Gasteiger charge is -2.38. The van der Waals surface area contributed by atoms with E-state index in [1.807, 2.05) is 13.0 Å². The van der Waals surface area contributed by atoms with Gasteiger partial charge in [-0.2, -0.15) is 0 Å². The fourth-order valence-corrected chi connectivity index (χ4v) is 4.60. The molecular formula is C26H30N4O5. The van der Waals surface area contributed by atoms with E-state index in [0.29, 0.717) is 19.0 Å². The molecule has 0 N–H and O–H groups in total. The Morgan fingerprint density at radius 2 is 1.77 bits per heavy atom. The summed E-state index contributed by atoms with van der Waals surface area (Å²) in [6.45, 7) is 6.08. The van der Waals surface area contributed by atoms with E-state index < -0.39 is 0 Å². The Morgan fingerprint density at radius 1 is 1.03 bits per heavy atom. The van der Waals surface area contributed by atoms with Gasteiger partial charge in [-0.05, 0) is 63.2 Å². The molecule has 2 fully saturated rings. The number of carbonyl (C=O) groups excluding carboxylic acids is 1. The average molecular weight is 479 g/mol. The highest BCUT2D eigenvalue weighted by molar-refractivity contribution is 5.90. The van der Waals surface area contributed by atoms with Crippen LogP contribution in [0.15, 0.2) is 40.8 Å². The lowest BCUT2D eigenvalue weighted by Crippen LogP contribution is -2.56. The van der Waals surface area contributed by atoms with Gasteiger partial charge in [-0.3, -0.25) is 9.69 Å². The van der Waals surface area contributed by atoms with E-state index in [-0.39, 0.29) is 17.9 Å². The third-order valence-corrected chi connectivity index (χ3v) is 6.61. The molecule has 0 atom stereocenters. The molecule has 2 aliphatic rings. The SMILES string of the molecule is COc1ccc(-c2nnc(C(=O)N3CC(Oc4ccc(CN5CCCC5)c(OC)c4C)C3)o2)cc1. The van der Waals surface area contributed by atoms with Crippen molar-refractivity contribution in [2.24, 2.45) is 0 Å². The van der Waals surface area contributed by atoms with Crippen molar-refractivity contribution in [3.63, 3.8) is 0 Å². The Bertz CT molecular complexity index is 1180. The number of rotatable bonds is 8. The lowest BCUT2D eigenvalue weighted by molar-refractivity contribution is 0.0146. The standard InChI is InChI=1S/C26H30N4O5/c1-17-22(11-8-19(23(17)33-3)14-29-12-4-5-13-29)34-21-15-30(16-21)26(31)25-28-27-24(35-25)18-6-9-20(32-2)10-7-18/h6-11,21H,4-5,12-16H2,1-3H3. The van der Waals surface area contributed by atoms with Crippen LogP contribution in [0.4, 0.5) is 0 Å². The number of aromatic nitrogens is 2. The van der Waals surface area contributed by atoms with E-state index in [1.165, 1.54) is 18.4 Å². The van der Waals surface area contributed by atoms with Gasteiger partial charge in [0.1, 0.15) is 23.4 Å². The number of nitrogens with zero attached hydrogens (tertiary/aromatic N) is 4. The third-order valence-electron chi connectivity index (χ3n) is 6.61. The second-order valence-corrected chi connectivity index (χ2v) is 8.96. The summed E-state index contributed by atoms with van der Waals surface area (Å²) in [6, 6.07) is 11.3. The molecule has 0 bridgehead atoms. The van der Waals surface area contributed by atoms with Crippen LogP contribution in [-0.4, -0.2) is 72.4 Å². The van der Waals surface area contributed by atoms with Gasteiger partial charge in [0.15, 0.2) is 0 Å². The zero-order valence-electron chi connectivity index (χ0n) is 20.3. The van der Waals surface area contributed by atoms with Crippen LogP contribution in [0.5, 0.6) is 17.2 Å². The zero-order valence-corrected chi connectivity index (χ0v) is 20.3. The summed E-state index contributed by atoms with van der Waals surface area (Å²) in [7, 11) is 3.30. The first-order chi connectivity index (χ1) is 17.1. The Kier molecular flexibility index (Phi) is 6.59. The molecule has 1 amide bonds. The molecule has 184 valence electrons. The van der Waals surface area contributed by atoms with Crippen molar-refractivity contribution < 1.29 is 23.4 Å². The fraction of sp³-hybridized carbons (Fsp3) is 0.423. The number of methoxy groups -OCH3 is 2. The molecule has 1 aromatic heterocycles. The van der Waals surface area contributed by atoms with Crippen molar-refractivity contribution in [3.05, 3.63) is 53.4 Å². The minimum atomic E-state index is -0.299. The molecule has 9 nitrogen and oxygen atoms in total. The van der Waals surface area contributed by atoms with E-state index in [2.05, 4.69) is 21.2 Å². The Morgan fingerprint density at radius 3 is 2.46 bits per heavy atom. The second-order valence-electron chi connectivity index (χ2n) is 8.96. The van der Waals surface area contributed by atoms with Crippen molar-refractivity contribution in [3.8, 4) is 28.7 Å². The van der Waals surface area contributed by atoms with Gasteiger partial charge < -0.3 is 23.5 Å². The first kappa shape index (κ1) is 23.2. The van der Waals surface area contributed by atoms with Crippen LogP contribution in [-0.2, 0) is 6.54 Å². The van der Waals surface area contributed by atoms with Crippen molar-refractivity contribution in [2.75, 3.05) is 40.4 Å². The fourth-order valence-electron chi connectivity index (χ4n) is 4.60. The van der Waals surface area contributed by atoms with Gasteiger partial charge in [0.25, 0.3) is 0 Å². The summed E-state index contributed by atoms with van der Waals surface area (Å²) in [5, 5.41) is 7.95. The molecule has 35 heavy (non-hydrogen) atoms. The maximum absolute atomic E-state index is 12.8. The summed E-state index contributed by atoms with van der Waals surface area (Å²) in [5.41, 5.74) is 2.88. The molecule has 3 heterocycles. The van der Waals surface area contributed by atoms with Gasteiger partial charge in [-0.25, -0.2) is 0 Å². The Labute approximate surface area is 204 Å². The van der Waals surface area contributed by atoms with Crippen molar-refractivity contribution >= 4 is 5.91 Å². The molecule has 0 spiro atoms. The minimum absolute atomic E-state index is 0.0293. The molecule has 3 aromatic rings. The largest absolute Gasteiger partial charge is 0.497 e. The highest BCUT2D eigenvalue weighted by Crippen LogP contribution is 2.34. The molecule has 0 saturated carbocycles. The number of carbonyl (C=O) groups is 1. The van der Waals surface area contributed by atoms with Gasteiger partial charge in [0.05, 0.1) is 27.3 Å². The average Bonchev–Trinajstić information content (AvgIpc) is 3.55. The summed E-state index contributed by atoms with van der Waals surface area (Å²) < 4.78 is 22.7. The quantitative estimate of drug-likeness (QED) is 0.486. The molecule has 2 aliphatic heterocycles. The number of hydrogen-bond donors (Lipinski definition) is 0. The Balaban J connectivity index is 1.18. The van der Waals surface area contributed by atoms with E-state index in [1.54, 1.807) is 43.4 Å². The Hall–Kier alpha value is -3.59. The van der Waals surface area contributed by atoms with Crippen molar-refractivity contribution in [1.82, 2.24) is 20.0 Å². The topological polar surface area (TPSA) is 90.2 Å². The molecule has 0 radical (unpaired) electrons. The minimum Gasteiger partial charge on any atom is -0.497 e. The molecular weight excluding hydrogens is 448 g/mol. The second kappa shape index (κ2) is 9.95. The number of hydrogen-bond acceptors (Lipinski definition) is 8. The number of ether oxygens (including phenoxy) is 3. The van der Waals surface area contributed by atoms with Crippen LogP contribution in [0.2, 0.25) is 0 Å². The maximum atomic E-state index is 12.8. The third kappa shape index (κ3) is 4.81. The lowest BCUT2D eigenvalue weighted by atomic mass is 10.1. The van der Waals surface area contributed by atoms with E-state index >= 15 is 0 Å². The molecule has 5 rings (SSSR count). The van der Waals surface area contributed by atoms with Crippen LogP contribution < -0.4 is 14.2 Å². The zero-order chi connectivity index (χ0) is 24.4. The summed E-state index contributed by atoms with van der Waals surface area (Å²) in [4.78, 5) is 16.9. The predicted octanol–water partition coefficient (Wildman–Crippen LogP) is 3.56. The molecule has 2 aromatic carbocycles. The van der Waals surface area contributed by atoms with Crippen molar-refractivity contribution in [2.45, 2.75) is 32.4 Å². The number of amides is 1. The maximum Gasteiger partial charge on any atom is 0.311 e. The van der Waals surface area contributed by atoms with Crippen molar-refractivity contribution in [1.29, 1.82) is 0 Å². The van der Waals surface area contributed by atoms with Gasteiger partial charge in [-0.15, -0.1) is 10.2 Å². The normalized spacial score (nSPS) is 16.3. The predicted molar refractivity (Wildman–Crippen MR) is 129 cm³/mol. The molecule has 0 aliphatic carbocycles. The summed E-state index contributed by atoms with van der Waals surface area (Å²) in [5.74, 6) is 2.35. The van der Waals surface area contributed by atoms with Crippen LogP contribution in [0.25, 0.3) is 11.5 Å². The smallest absolute Gasteiger partial charge is 0.311 e. The monoisotopic (exact) mass is 478 g/mol. The van der Waals surface area contributed by atoms with Crippen LogP contribution in [0.1, 0.15) is 34.7 Å². The molecule has 2 saturated heterocycles. The van der Waals surface area contributed by atoms with Crippen LogP contribution in [0.3, 0.4) is 0 Å². The van der Waals surface area contributed by atoms with Crippen LogP contribution >= 0.6 is 0 Å². The highest BCUT2D eigenvalue weighted by atomic mass is 16.5. The first-order valence-corrected chi connectivity index (χ1v) is 11.9. The van der Waals surface area contributed by atoms with E-state index in [4.69, 9.17) is 18.6 Å². The first-order valence-electron chi connectivity index (χ1n) is 11.9. The van der Waals surface area contributed by atoms with Gasteiger partial charge in [0.2, 0.25) is 5.89 Å².